The van der Waals surface area contributed by atoms with Crippen LogP contribution in [0.25, 0.3) is 0 Å². The molecule has 0 aromatic rings. The van der Waals surface area contributed by atoms with E-state index >= 15 is 0 Å². The predicted octanol–water partition coefficient (Wildman–Crippen LogP) is 1.27. The minimum atomic E-state index is -0.401. The maximum Gasteiger partial charge on any atom is 0.333 e. The molecule has 3 aliphatic rings. The van der Waals surface area contributed by atoms with Gasteiger partial charge in [0.2, 0.25) is 0 Å². The molecule has 0 aromatic heterocycles. The SMILES string of the molecule is C=C(C)C(=O)OC1C2CC3C1CC3(O)C2. The summed E-state index contributed by atoms with van der Waals surface area (Å²) in [5.74, 6) is 0.924. The molecule has 5 atom stereocenters. The molecular weight excluding hydrogens is 192 g/mol. The van der Waals surface area contributed by atoms with Gasteiger partial charge in [-0.1, -0.05) is 6.58 Å². The van der Waals surface area contributed by atoms with Crippen LogP contribution in [0.3, 0.4) is 0 Å². The lowest BCUT2D eigenvalue weighted by Gasteiger charge is -2.52. The van der Waals surface area contributed by atoms with Crippen LogP contribution in [0.15, 0.2) is 12.2 Å². The highest BCUT2D eigenvalue weighted by atomic mass is 16.5. The van der Waals surface area contributed by atoms with Gasteiger partial charge in [-0.2, -0.15) is 0 Å². The number of hydrogen-bond acceptors (Lipinski definition) is 3. The van der Waals surface area contributed by atoms with Crippen molar-refractivity contribution in [2.24, 2.45) is 17.8 Å². The van der Waals surface area contributed by atoms with E-state index < -0.39 is 5.60 Å². The van der Waals surface area contributed by atoms with E-state index in [1.165, 1.54) is 0 Å². The molecule has 3 fully saturated rings. The van der Waals surface area contributed by atoms with Gasteiger partial charge in [0.05, 0.1) is 5.60 Å². The highest BCUT2D eigenvalue weighted by Gasteiger charge is 2.69. The fraction of sp³-hybridized carbons (Fsp3) is 0.750. The van der Waals surface area contributed by atoms with Gasteiger partial charge in [0.25, 0.3) is 0 Å². The Bertz CT molecular complexity index is 345. The van der Waals surface area contributed by atoms with E-state index in [4.69, 9.17) is 4.74 Å². The Morgan fingerprint density at radius 3 is 2.73 bits per heavy atom. The molecule has 3 nitrogen and oxygen atoms in total. The van der Waals surface area contributed by atoms with E-state index in [1.54, 1.807) is 6.92 Å². The quantitative estimate of drug-likeness (QED) is 0.549. The molecule has 0 aliphatic heterocycles. The monoisotopic (exact) mass is 208 g/mol. The number of hydrogen-bond donors (Lipinski definition) is 1. The Kier molecular flexibility index (Phi) is 1.66. The number of aliphatic hydroxyl groups is 1. The maximum atomic E-state index is 11.4. The van der Waals surface area contributed by atoms with Gasteiger partial charge in [0.15, 0.2) is 0 Å². The predicted molar refractivity (Wildman–Crippen MR) is 54.0 cm³/mol. The minimum absolute atomic E-state index is 0.0493. The molecule has 5 unspecified atom stereocenters. The highest BCUT2D eigenvalue weighted by molar-refractivity contribution is 5.87. The summed E-state index contributed by atoms with van der Waals surface area (Å²) in [7, 11) is 0. The number of ether oxygens (including phenoxy) is 1. The molecule has 2 bridgehead atoms. The van der Waals surface area contributed by atoms with Crippen LogP contribution in [-0.2, 0) is 9.53 Å². The topological polar surface area (TPSA) is 46.5 Å². The first-order valence-corrected chi connectivity index (χ1v) is 5.60. The third-order valence-corrected chi connectivity index (χ3v) is 4.45. The summed E-state index contributed by atoms with van der Waals surface area (Å²) < 4.78 is 5.45. The van der Waals surface area contributed by atoms with Crippen molar-refractivity contribution in [2.75, 3.05) is 0 Å². The maximum absolute atomic E-state index is 11.4. The Morgan fingerprint density at radius 2 is 2.27 bits per heavy atom. The first kappa shape index (κ1) is 9.40. The molecule has 3 rings (SSSR count). The van der Waals surface area contributed by atoms with Gasteiger partial charge in [-0.3, -0.25) is 0 Å². The smallest absolute Gasteiger partial charge is 0.333 e. The van der Waals surface area contributed by atoms with E-state index in [0.29, 0.717) is 23.3 Å². The summed E-state index contributed by atoms with van der Waals surface area (Å²) in [4.78, 5) is 11.4. The van der Waals surface area contributed by atoms with Gasteiger partial charge >= 0.3 is 5.97 Å². The molecule has 3 aliphatic carbocycles. The molecule has 3 heteroatoms. The number of carbonyl (C=O) groups excluding carboxylic acids is 1. The van der Waals surface area contributed by atoms with Crippen molar-refractivity contribution in [1.82, 2.24) is 0 Å². The first-order valence-electron chi connectivity index (χ1n) is 5.60. The number of rotatable bonds is 2. The van der Waals surface area contributed by atoms with E-state index in [2.05, 4.69) is 6.58 Å². The minimum Gasteiger partial charge on any atom is -0.458 e. The molecule has 1 N–H and O–H groups in total. The van der Waals surface area contributed by atoms with Crippen LogP contribution in [0.1, 0.15) is 26.2 Å². The molecule has 0 amide bonds. The standard InChI is InChI=1S/C12H16O3/c1-6(2)11(13)15-10-7-3-9-8(10)5-12(9,14)4-7/h7-10,14H,1,3-5H2,2H3. The lowest BCUT2D eigenvalue weighted by atomic mass is 9.59. The van der Waals surface area contributed by atoms with Crippen LogP contribution in [0.4, 0.5) is 0 Å². The van der Waals surface area contributed by atoms with E-state index in [-0.39, 0.29) is 12.1 Å². The average molecular weight is 208 g/mol. The normalized spacial score (nSPS) is 50.0. The third-order valence-electron chi connectivity index (χ3n) is 4.45. The zero-order valence-electron chi connectivity index (χ0n) is 8.90. The van der Waals surface area contributed by atoms with Gasteiger partial charge in [-0.15, -0.1) is 0 Å². The van der Waals surface area contributed by atoms with Crippen LogP contribution in [0.5, 0.6) is 0 Å². The molecule has 0 radical (unpaired) electrons. The summed E-state index contributed by atoms with van der Waals surface area (Å²) >= 11 is 0. The molecular formula is C12H16O3. The Balaban J connectivity index is 1.71. The fourth-order valence-electron chi connectivity index (χ4n) is 3.78. The number of carbonyl (C=O) groups is 1. The Labute approximate surface area is 89.1 Å². The summed E-state index contributed by atoms with van der Waals surface area (Å²) in [5, 5.41) is 10.1. The molecule has 0 heterocycles. The van der Waals surface area contributed by atoms with Gasteiger partial charge in [-0.05, 0) is 38.0 Å². The van der Waals surface area contributed by atoms with Gasteiger partial charge in [0, 0.05) is 11.5 Å². The van der Waals surface area contributed by atoms with Gasteiger partial charge < -0.3 is 9.84 Å². The average Bonchev–Trinajstić information content (AvgIpc) is 2.54. The van der Waals surface area contributed by atoms with Crippen LogP contribution in [0, 0.1) is 17.8 Å². The molecule has 15 heavy (non-hydrogen) atoms. The summed E-state index contributed by atoms with van der Waals surface area (Å²) in [6.45, 7) is 5.26. The summed E-state index contributed by atoms with van der Waals surface area (Å²) in [6, 6.07) is 0. The van der Waals surface area contributed by atoms with Gasteiger partial charge in [-0.25, -0.2) is 4.79 Å². The van der Waals surface area contributed by atoms with Crippen molar-refractivity contribution in [3.05, 3.63) is 12.2 Å². The van der Waals surface area contributed by atoms with Crippen LogP contribution < -0.4 is 0 Å². The molecule has 0 saturated heterocycles. The van der Waals surface area contributed by atoms with E-state index in [1.807, 2.05) is 0 Å². The van der Waals surface area contributed by atoms with Crippen LogP contribution >= 0.6 is 0 Å². The Morgan fingerprint density at radius 1 is 1.53 bits per heavy atom. The van der Waals surface area contributed by atoms with Gasteiger partial charge in [0.1, 0.15) is 6.10 Å². The largest absolute Gasteiger partial charge is 0.458 e. The van der Waals surface area contributed by atoms with Crippen molar-refractivity contribution < 1.29 is 14.6 Å². The van der Waals surface area contributed by atoms with Crippen molar-refractivity contribution in [2.45, 2.75) is 37.9 Å². The lowest BCUT2D eigenvalue weighted by molar-refractivity contribution is -0.190. The van der Waals surface area contributed by atoms with E-state index in [0.717, 1.165) is 19.3 Å². The molecule has 0 aromatic carbocycles. The second kappa shape index (κ2) is 2.64. The van der Waals surface area contributed by atoms with E-state index in [9.17, 15) is 9.90 Å². The lowest BCUT2D eigenvalue weighted by Crippen LogP contribution is -2.57. The summed E-state index contributed by atoms with van der Waals surface area (Å²) in [6.07, 6.45) is 2.73. The highest BCUT2D eigenvalue weighted by Crippen LogP contribution is 2.66. The number of fused-ring (bicyclic) bond motifs is 1. The van der Waals surface area contributed by atoms with Crippen molar-refractivity contribution in [1.29, 1.82) is 0 Å². The second-order valence-corrected chi connectivity index (χ2v) is 5.43. The summed E-state index contributed by atoms with van der Waals surface area (Å²) in [5.41, 5.74) is 0.0638. The Hall–Kier alpha value is -0.830. The zero-order chi connectivity index (χ0) is 10.8. The second-order valence-electron chi connectivity index (χ2n) is 5.43. The molecule has 82 valence electrons. The van der Waals surface area contributed by atoms with Crippen LogP contribution in [-0.4, -0.2) is 22.8 Å². The van der Waals surface area contributed by atoms with Crippen molar-refractivity contribution >= 4 is 5.97 Å². The van der Waals surface area contributed by atoms with Crippen molar-refractivity contribution in [3.8, 4) is 0 Å². The third kappa shape index (κ3) is 1.07. The van der Waals surface area contributed by atoms with Crippen LogP contribution in [0.2, 0.25) is 0 Å². The zero-order valence-corrected chi connectivity index (χ0v) is 8.90. The molecule has 0 spiro atoms. The van der Waals surface area contributed by atoms with Crippen molar-refractivity contribution in [3.63, 3.8) is 0 Å². The molecule has 3 saturated carbocycles. The fourth-order valence-corrected chi connectivity index (χ4v) is 3.78. The first-order chi connectivity index (χ1) is 7.01. The number of esters is 1.